The number of hydrogen-bond donors (Lipinski definition) is 3. The number of aryl methyl sites for hydroxylation is 2. The molecule has 0 radical (unpaired) electrons. The second-order valence-electron chi connectivity index (χ2n) is 5.76. The Kier molecular flexibility index (Phi) is 4.88. The van der Waals surface area contributed by atoms with Crippen LogP contribution in [0.2, 0.25) is 0 Å². The molecule has 1 aromatic heterocycles. The van der Waals surface area contributed by atoms with Gasteiger partial charge in [-0.25, -0.2) is 9.18 Å². The van der Waals surface area contributed by atoms with E-state index >= 15 is 0 Å². The summed E-state index contributed by atoms with van der Waals surface area (Å²) in [5, 5.41) is 12.1. The van der Waals surface area contributed by atoms with E-state index in [9.17, 15) is 9.18 Å². The number of carbonyl (C=O) groups excluding carboxylic acids is 1. The lowest BCUT2D eigenvalue weighted by Crippen LogP contribution is -2.26. The molecule has 0 saturated heterocycles. The molecule has 7 heteroatoms. The standard InChI is InChI=1S/C16H22FN5O/c1-9(2)22(5)14-7-6-12(8-13(14)17)18-16(23)19-15-10(3)20-21-11(15)4/h6-9H,1-5H3,(H,20,21)(H2,18,19,23). The first-order valence-electron chi connectivity index (χ1n) is 7.41. The molecule has 2 rings (SSSR count). The van der Waals surface area contributed by atoms with Crippen molar-refractivity contribution in [3.63, 3.8) is 0 Å². The topological polar surface area (TPSA) is 73.0 Å². The van der Waals surface area contributed by atoms with Gasteiger partial charge >= 0.3 is 6.03 Å². The molecule has 1 heterocycles. The maximum Gasteiger partial charge on any atom is 0.323 e. The normalized spacial score (nSPS) is 10.7. The third-order valence-electron chi connectivity index (χ3n) is 3.73. The van der Waals surface area contributed by atoms with Crippen LogP contribution >= 0.6 is 0 Å². The first-order chi connectivity index (χ1) is 10.8. The Labute approximate surface area is 135 Å². The highest BCUT2D eigenvalue weighted by atomic mass is 19.1. The van der Waals surface area contributed by atoms with Crippen LogP contribution in [0.5, 0.6) is 0 Å². The van der Waals surface area contributed by atoms with Crippen LogP contribution in [0.3, 0.4) is 0 Å². The van der Waals surface area contributed by atoms with Crippen LogP contribution in [0, 0.1) is 19.7 Å². The molecular formula is C16H22FN5O. The summed E-state index contributed by atoms with van der Waals surface area (Å²) in [5.41, 5.74) is 2.96. The molecule has 0 unspecified atom stereocenters. The Bertz CT molecular complexity index is 691. The van der Waals surface area contributed by atoms with Crippen molar-refractivity contribution in [2.45, 2.75) is 33.7 Å². The van der Waals surface area contributed by atoms with Crippen LogP contribution in [0.1, 0.15) is 25.2 Å². The van der Waals surface area contributed by atoms with Crippen LogP contribution in [-0.4, -0.2) is 29.3 Å². The van der Waals surface area contributed by atoms with Gasteiger partial charge in [0, 0.05) is 18.8 Å². The van der Waals surface area contributed by atoms with Gasteiger partial charge in [0.15, 0.2) is 0 Å². The van der Waals surface area contributed by atoms with Gasteiger partial charge in [-0.05, 0) is 45.9 Å². The molecule has 6 nitrogen and oxygen atoms in total. The fourth-order valence-electron chi connectivity index (χ4n) is 2.16. The van der Waals surface area contributed by atoms with Gasteiger partial charge in [0.25, 0.3) is 0 Å². The highest BCUT2D eigenvalue weighted by molar-refractivity contribution is 6.00. The first-order valence-corrected chi connectivity index (χ1v) is 7.41. The Morgan fingerprint density at radius 3 is 2.52 bits per heavy atom. The molecule has 124 valence electrons. The van der Waals surface area contributed by atoms with E-state index < -0.39 is 6.03 Å². The van der Waals surface area contributed by atoms with Crippen molar-refractivity contribution in [3.8, 4) is 0 Å². The van der Waals surface area contributed by atoms with E-state index in [2.05, 4.69) is 20.8 Å². The molecule has 0 aliphatic heterocycles. The number of amides is 2. The van der Waals surface area contributed by atoms with E-state index in [1.54, 1.807) is 19.1 Å². The Morgan fingerprint density at radius 1 is 1.30 bits per heavy atom. The molecule has 2 aromatic rings. The zero-order valence-corrected chi connectivity index (χ0v) is 14.0. The molecule has 2 amide bonds. The molecule has 1 aromatic carbocycles. The van der Waals surface area contributed by atoms with E-state index in [1.807, 2.05) is 32.7 Å². The summed E-state index contributed by atoms with van der Waals surface area (Å²) in [4.78, 5) is 13.9. The number of rotatable bonds is 4. The number of aromatic amines is 1. The average Bonchev–Trinajstić information content (AvgIpc) is 2.78. The summed E-state index contributed by atoms with van der Waals surface area (Å²) >= 11 is 0. The second kappa shape index (κ2) is 6.68. The Balaban J connectivity index is 2.09. The lowest BCUT2D eigenvalue weighted by atomic mass is 10.2. The number of urea groups is 1. The average molecular weight is 319 g/mol. The van der Waals surface area contributed by atoms with Crippen LogP contribution in [0.25, 0.3) is 0 Å². The van der Waals surface area contributed by atoms with Crippen molar-refractivity contribution in [2.75, 3.05) is 22.6 Å². The first kappa shape index (κ1) is 16.8. The van der Waals surface area contributed by atoms with E-state index in [-0.39, 0.29) is 11.9 Å². The third kappa shape index (κ3) is 3.80. The maximum absolute atomic E-state index is 14.2. The van der Waals surface area contributed by atoms with Gasteiger partial charge in [-0.3, -0.25) is 5.10 Å². The number of anilines is 3. The van der Waals surface area contributed by atoms with E-state index in [0.717, 1.165) is 5.69 Å². The minimum atomic E-state index is -0.443. The van der Waals surface area contributed by atoms with Crippen LogP contribution in [0.15, 0.2) is 18.2 Å². The summed E-state index contributed by atoms with van der Waals surface area (Å²) in [6.45, 7) is 7.56. The highest BCUT2D eigenvalue weighted by Gasteiger charge is 2.13. The van der Waals surface area contributed by atoms with Gasteiger partial charge in [-0.15, -0.1) is 0 Å². The second-order valence-corrected chi connectivity index (χ2v) is 5.76. The molecule has 0 bridgehead atoms. The predicted molar refractivity (Wildman–Crippen MR) is 90.6 cm³/mol. The Hall–Kier alpha value is -2.57. The largest absolute Gasteiger partial charge is 0.370 e. The number of nitrogens with zero attached hydrogens (tertiary/aromatic N) is 2. The summed E-state index contributed by atoms with van der Waals surface area (Å²) < 4.78 is 14.2. The zero-order chi connectivity index (χ0) is 17.1. The van der Waals surface area contributed by atoms with Gasteiger partial charge in [0.2, 0.25) is 0 Å². The fraction of sp³-hybridized carbons (Fsp3) is 0.375. The monoisotopic (exact) mass is 319 g/mol. The number of aromatic nitrogens is 2. The van der Waals surface area contributed by atoms with Gasteiger partial charge in [-0.2, -0.15) is 5.10 Å². The molecule has 0 atom stereocenters. The third-order valence-corrected chi connectivity index (χ3v) is 3.73. The summed E-state index contributed by atoms with van der Waals surface area (Å²) in [7, 11) is 1.83. The Morgan fingerprint density at radius 2 is 2.00 bits per heavy atom. The quantitative estimate of drug-likeness (QED) is 0.805. The van der Waals surface area contributed by atoms with Crippen molar-refractivity contribution < 1.29 is 9.18 Å². The lowest BCUT2D eigenvalue weighted by Gasteiger charge is -2.24. The molecule has 23 heavy (non-hydrogen) atoms. The van der Waals surface area contributed by atoms with E-state index in [0.29, 0.717) is 22.8 Å². The maximum atomic E-state index is 14.2. The summed E-state index contributed by atoms with van der Waals surface area (Å²) in [6.07, 6.45) is 0. The van der Waals surface area contributed by atoms with E-state index in [4.69, 9.17) is 0 Å². The molecule has 0 spiro atoms. The van der Waals surface area contributed by atoms with Crippen LogP contribution in [0.4, 0.5) is 26.2 Å². The van der Waals surface area contributed by atoms with Gasteiger partial charge in [-0.1, -0.05) is 0 Å². The van der Waals surface area contributed by atoms with E-state index in [1.165, 1.54) is 6.07 Å². The van der Waals surface area contributed by atoms with Crippen molar-refractivity contribution >= 4 is 23.1 Å². The molecule has 0 saturated carbocycles. The van der Waals surface area contributed by atoms with Gasteiger partial charge in [0.05, 0.1) is 22.8 Å². The number of benzene rings is 1. The van der Waals surface area contributed by atoms with Crippen molar-refractivity contribution in [2.24, 2.45) is 0 Å². The summed E-state index contributed by atoms with van der Waals surface area (Å²) in [5.74, 6) is -0.380. The predicted octanol–water partition coefficient (Wildman–Crippen LogP) is 3.65. The minimum Gasteiger partial charge on any atom is -0.370 e. The van der Waals surface area contributed by atoms with Crippen molar-refractivity contribution in [3.05, 3.63) is 35.4 Å². The molecule has 0 aliphatic rings. The number of halogens is 1. The number of carbonyl (C=O) groups is 1. The number of hydrogen-bond acceptors (Lipinski definition) is 3. The molecule has 3 N–H and O–H groups in total. The molecule has 0 aliphatic carbocycles. The number of nitrogens with one attached hydrogen (secondary N) is 3. The minimum absolute atomic E-state index is 0.179. The smallest absolute Gasteiger partial charge is 0.323 e. The fourth-order valence-corrected chi connectivity index (χ4v) is 2.16. The van der Waals surface area contributed by atoms with Crippen LogP contribution in [-0.2, 0) is 0 Å². The van der Waals surface area contributed by atoms with Gasteiger partial charge in [0.1, 0.15) is 5.82 Å². The van der Waals surface area contributed by atoms with Crippen molar-refractivity contribution in [1.82, 2.24) is 10.2 Å². The molecular weight excluding hydrogens is 297 g/mol. The van der Waals surface area contributed by atoms with Gasteiger partial charge < -0.3 is 15.5 Å². The highest BCUT2D eigenvalue weighted by Crippen LogP contribution is 2.24. The lowest BCUT2D eigenvalue weighted by molar-refractivity contribution is 0.262. The molecule has 0 fully saturated rings. The van der Waals surface area contributed by atoms with Crippen molar-refractivity contribution in [1.29, 1.82) is 0 Å². The van der Waals surface area contributed by atoms with Crippen LogP contribution < -0.4 is 15.5 Å². The SMILES string of the molecule is Cc1n[nH]c(C)c1NC(=O)Nc1ccc(N(C)C(C)C)c(F)c1. The summed E-state index contributed by atoms with van der Waals surface area (Å²) in [6, 6.07) is 4.37. The number of H-pyrrole nitrogens is 1. The zero-order valence-electron chi connectivity index (χ0n) is 14.0.